The maximum absolute atomic E-state index is 13.0. The van der Waals surface area contributed by atoms with Gasteiger partial charge >= 0.3 is 0 Å². The molecule has 0 saturated carbocycles. The average Bonchev–Trinajstić information content (AvgIpc) is 3.12. The van der Waals surface area contributed by atoms with E-state index in [1.807, 2.05) is 30.3 Å². The van der Waals surface area contributed by atoms with Crippen molar-refractivity contribution in [2.45, 2.75) is 6.54 Å². The van der Waals surface area contributed by atoms with E-state index in [9.17, 15) is 9.18 Å². The minimum atomic E-state index is -0.354. The third-order valence-corrected chi connectivity index (χ3v) is 4.37. The molecule has 0 fully saturated rings. The summed E-state index contributed by atoms with van der Waals surface area (Å²) in [4.78, 5) is 12.4. The number of nitrogens with one attached hydrogen (secondary N) is 1. The van der Waals surface area contributed by atoms with Crippen molar-refractivity contribution >= 4 is 22.6 Å². The van der Waals surface area contributed by atoms with Gasteiger partial charge in [0.25, 0.3) is 5.91 Å². The molecule has 0 aliphatic heterocycles. The van der Waals surface area contributed by atoms with Crippen LogP contribution < -0.4 is 10.1 Å². The van der Waals surface area contributed by atoms with Crippen molar-refractivity contribution in [2.75, 3.05) is 12.4 Å². The Balaban J connectivity index is 1.53. The van der Waals surface area contributed by atoms with E-state index in [2.05, 4.69) is 15.6 Å². The van der Waals surface area contributed by atoms with Gasteiger partial charge < -0.3 is 10.1 Å². The van der Waals surface area contributed by atoms with E-state index in [-0.39, 0.29) is 11.7 Å². The lowest BCUT2D eigenvalue weighted by molar-refractivity contribution is 0.102. The summed E-state index contributed by atoms with van der Waals surface area (Å²) in [5, 5.41) is 11.1. The van der Waals surface area contributed by atoms with Crippen LogP contribution >= 0.6 is 0 Å². The standard InChI is InChI=1S/C21H17FN4O2/c1-28-18-9-2-14(3-10-18)13-26-20-11-4-15(12-19(20)24-25-26)21(27)23-17-7-5-16(22)6-8-17/h2-12H,13H2,1H3,(H,23,27). The Morgan fingerprint density at radius 3 is 2.54 bits per heavy atom. The van der Waals surface area contributed by atoms with Crippen molar-refractivity contribution in [3.63, 3.8) is 0 Å². The first-order chi connectivity index (χ1) is 13.6. The van der Waals surface area contributed by atoms with Gasteiger partial charge in [0.1, 0.15) is 17.1 Å². The number of halogens is 1. The van der Waals surface area contributed by atoms with Crippen molar-refractivity contribution in [1.82, 2.24) is 15.0 Å². The van der Waals surface area contributed by atoms with Crippen LogP contribution in [0.1, 0.15) is 15.9 Å². The highest BCUT2D eigenvalue weighted by Crippen LogP contribution is 2.18. The first kappa shape index (κ1) is 17.7. The minimum Gasteiger partial charge on any atom is -0.497 e. The van der Waals surface area contributed by atoms with Crippen LogP contribution in [-0.2, 0) is 6.54 Å². The summed E-state index contributed by atoms with van der Waals surface area (Å²) in [5.74, 6) is 0.148. The SMILES string of the molecule is COc1ccc(Cn2nnc3cc(C(=O)Nc4ccc(F)cc4)ccc32)cc1. The average molecular weight is 376 g/mol. The molecule has 1 heterocycles. The van der Waals surface area contributed by atoms with E-state index in [1.165, 1.54) is 24.3 Å². The fourth-order valence-electron chi connectivity index (χ4n) is 2.87. The predicted molar refractivity (Wildman–Crippen MR) is 104 cm³/mol. The molecule has 0 saturated heterocycles. The van der Waals surface area contributed by atoms with E-state index >= 15 is 0 Å². The molecule has 3 aromatic carbocycles. The van der Waals surface area contributed by atoms with Gasteiger partial charge in [0, 0.05) is 11.3 Å². The normalized spacial score (nSPS) is 10.8. The van der Waals surface area contributed by atoms with Crippen LogP contribution in [0.4, 0.5) is 10.1 Å². The number of ether oxygens (including phenoxy) is 1. The van der Waals surface area contributed by atoms with Gasteiger partial charge in [-0.2, -0.15) is 0 Å². The number of rotatable bonds is 5. The number of methoxy groups -OCH3 is 1. The van der Waals surface area contributed by atoms with Crippen LogP contribution in [-0.4, -0.2) is 28.0 Å². The second-order valence-electron chi connectivity index (χ2n) is 6.26. The van der Waals surface area contributed by atoms with Gasteiger partial charge in [0.2, 0.25) is 0 Å². The van der Waals surface area contributed by atoms with Gasteiger partial charge in [-0.3, -0.25) is 4.79 Å². The summed E-state index contributed by atoms with van der Waals surface area (Å²) in [6.45, 7) is 0.557. The number of benzene rings is 3. The van der Waals surface area contributed by atoms with E-state index < -0.39 is 0 Å². The number of amides is 1. The summed E-state index contributed by atoms with van der Waals surface area (Å²) in [7, 11) is 1.63. The summed E-state index contributed by atoms with van der Waals surface area (Å²) >= 11 is 0. The van der Waals surface area contributed by atoms with Crippen LogP contribution in [0.2, 0.25) is 0 Å². The van der Waals surface area contributed by atoms with Crippen LogP contribution in [0, 0.1) is 5.82 Å². The van der Waals surface area contributed by atoms with E-state index in [0.29, 0.717) is 23.3 Å². The molecule has 1 amide bonds. The molecule has 28 heavy (non-hydrogen) atoms. The van der Waals surface area contributed by atoms with Crippen molar-refractivity contribution in [1.29, 1.82) is 0 Å². The minimum absolute atomic E-state index is 0.293. The molecule has 0 atom stereocenters. The Bertz CT molecular complexity index is 1120. The van der Waals surface area contributed by atoms with Crippen molar-refractivity contribution in [3.05, 3.63) is 83.7 Å². The molecule has 0 aliphatic carbocycles. The monoisotopic (exact) mass is 376 g/mol. The van der Waals surface area contributed by atoms with Crippen LogP contribution in [0.3, 0.4) is 0 Å². The molecule has 1 aromatic heterocycles. The molecule has 140 valence electrons. The number of anilines is 1. The molecule has 0 bridgehead atoms. The summed E-state index contributed by atoms with van der Waals surface area (Å²) < 4.78 is 19.9. The van der Waals surface area contributed by atoms with E-state index in [0.717, 1.165) is 16.8 Å². The summed E-state index contributed by atoms with van der Waals surface area (Å²) in [6.07, 6.45) is 0. The fourth-order valence-corrected chi connectivity index (χ4v) is 2.87. The molecule has 4 aromatic rings. The van der Waals surface area contributed by atoms with Gasteiger partial charge in [-0.05, 0) is 60.2 Å². The highest BCUT2D eigenvalue weighted by Gasteiger charge is 2.11. The lowest BCUT2D eigenvalue weighted by atomic mass is 10.1. The summed E-state index contributed by atoms with van der Waals surface area (Å²) in [6, 6.07) is 18.6. The summed E-state index contributed by atoms with van der Waals surface area (Å²) in [5.41, 5.74) is 3.49. The largest absolute Gasteiger partial charge is 0.497 e. The first-order valence-electron chi connectivity index (χ1n) is 8.65. The zero-order valence-corrected chi connectivity index (χ0v) is 15.1. The topological polar surface area (TPSA) is 69.0 Å². The highest BCUT2D eigenvalue weighted by molar-refractivity contribution is 6.05. The predicted octanol–water partition coefficient (Wildman–Crippen LogP) is 3.88. The maximum Gasteiger partial charge on any atom is 0.255 e. The number of fused-ring (bicyclic) bond motifs is 1. The zero-order valence-electron chi connectivity index (χ0n) is 15.1. The molecule has 4 rings (SSSR count). The Labute approximate surface area is 160 Å². The first-order valence-corrected chi connectivity index (χ1v) is 8.65. The van der Waals surface area contributed by atoms with Gasteiger partial charge in [-0.15, -0.1) is 5.10 Å². The Kier molecular flexibility index (Phi) is 4.72. The number of aromatic nitrogens is 3. The Hall–Kier alpha value is -3.74. The van der Waals surface area contributed by atoms with Crippen LogP contribution in [0.15, 0.2) is 66.7 Å². The molecule has 0 unspecified atom stereocenters. The molecule has 6 nitrogen and oxygen atoms in total. The maximum atomic E-state index is 13.0. The number of hydrogen-bond acceptors (Lipinski definition) is 4. The molecule has 0 spiro atoms. The molecule has 0 radical (unpaired) electrons. The third-order valence-electron chi connectivity index (χ3n) is 4.37. The second-order valence-corrected chi connectivity index (χ2v) is 6.26. The van der Waals surface area contributed by atoms with Crippen molar-refractivity contribution < 1.29 is 13.9 Å². The van der Waals surface area contributed by atoms with Crippen molar-refractivity contribution in [2.24, 2.45) is 0 Å². The molecular weight excluding hydrogens is 359 g/mol. The van der Waals surface area contributed by atoms with E-state index in [1.54, 1.807) is 23.9 Å². The zero-order chi connectivity index (χ0) is 19.5. The lowest BCUT2D eigenvalue weighted by Crippen LogP contribution is -2.11. The quantitative estimate of drug-likeness (QED) is 0.574. The Morgan fingerprint density at radius 2 is 1.82 bits per heavy atom. The van der Waals surface area contributed by atoms with E-state index in [4.69, 9.17) is 4.74 Å². The molecular formula is C21H17FN4O2. The Morgan fingerprint density at radius 1 is 1.07 bits per heavy atom. The van der Waals surface area contributed by atoms with Crippen LogP contribution in [0.5, 0.6) is 5.75 Å². The van der Waals surface area contributed by atoms with Gasteiger partial charge in [0.15, 0.2) is 0 Å². The molecule has 7 heteroatoms. The van der Waals surface area contributed by atoms with Gasteiger partial charge in [-0.25, -0.2) is 9.07 Å². The molecule has 0 aliphatic rings. The number of nitrogens with zero attached hydrogens (tertiary/aromatic N) is 3. The third kappa shape index (κ3) is 3.68. The van der Waals surface area contributed by atoms with Gasteiger partial charge in [0.05, 0.1) is 19.2 Å². The second kappa shape index (κ2) is 7.48. The van der Waals surface area contributed by atoms with Crippen LogP contribution in [0.25, 0.3) is 11.0 Å². The highest BCUT2D eigenvalue weighted by atomic mass is 19.1. The lowest BCUT2D eigenvalue weighted by Gasteiger charge is -2.06. The van der Waals surface area contributed by atoms with Crippen molar-refractivity contribution in [3.8, 4) is 5.75 Å². The fraction of sp³-hybridized carbons (Fsp3) is 0.0952. The van der Waals surface area contributed by atoms with Gasteiger partial charge in [-0.1, -0.05) is 17.3 Å². The molecule has 1 N–H and O–H groups in total. The number of hydrogen-bond donors (Lipinski definition) is 1. The smallest absolute Gasteiger partial charge is 0.255 e. The number of carbonyl (C=O) groups excluding carboxylic acids is 1. The number of carbonyl (C=O) groups is 1.